The van der Waals surface area contributed by atoms with Crippen LogP contribution in [-0.4, -0.2) is 47.9 Å². The molecule has 2 rings (SSSR count). The third kappa shape index (κ3) is 4.65. The minimum atomic E-state index is 0.188. The van der Waals surface area contributed by atoms with Gasteiger partial charge in [-0.05, 0) is 31.9 Å². The summed E-state index contributed by atoms with van der Waals surface area (Å²) in [6.45, 7) is 6.28. The third-order valence-electron chi connectivity index (χ3n) is 3.73. The molecule has 1 saturated heterocycles. The van der Waals surface area contributed by atoms with E-state index in [2.05, 4.69) is 4.90 Å². The lowest BCUT2D eigenvalue weighted by Crippen LogP contribution is -2.48. The molecule has 0 aliphatic carbocycles. The lowest BCUT2D eigenvalue weighted by molar-refractivity contribution is -0.133. The molecule has 2 N–H and O–H groups in total. The number of hydrogen-bond acceptors (Lipinski definition) is 4. The highest BCUT2D eigenvalue weighted by Crippen LogP contribution is 2.11. The van der Waals surface area contributed by atoms with Gasteiger partial charge < -0.3 is 15.1 Å². The number of carbonyl (C=O) groups excluding carboxylic acids is 1. The van der Waals surface area contributed by atoms with Crippen LogP contribution in [0.4, 0.5) is 0 Å². The molecule has 0 spiro atoms. The molecule has 0 radical (unpaired) electrons. The molecule has 1 fully saturated rings. The summed E-state index contributed by atoms with van der Waals surface area (Å²) in [5.74, 6) is 1.25. The Morgan fingerprint density at radius 2 is 2.15 bits per heavy atom. The molecule has 1 aliphatic rings. The van der Waals surface area contributed by atoms with Crippen molar-refractivity contribution >= 4 is 5.91 Å². The van der Waals surface area contributed by atoms with Gasteiger partial charge in [-0.1, -0.05) is 0 Å². The van der Waals surface area contributed by atoms with Crippen LogP contribution in [0.2, 0.25) is 0 Å². The summed E-state index contributed by atoms with van der Waals surface area (Å²) in [6, 6.07) is 4.09. The number of nitrogens with two attached hydrogens (primary N) is 1. The van der Waals surface area contributed by atoms with E-state index in [1.54, 1.807) is 6.26 Å². The molecule has 20 heavy (non-hydrogen) atoms. The first-order valence-electron chi connectivity index (χ1n) is 7.43. The molecule has 1 aliphatic heterocycles. The van der Waals surface area contributed by atoms with Crippen molar-refractivity contribution in [2.24, 2.45) is 5.73 Å². The summed E-state index contributed by atoms with van der Waals surface area (Å²) in [5, 5.41) is 0. The molecular weight excluding hydrogens is 254 g/mol. The van der Waals surface area contributed by atoms with Crippen LogP contribution in [0.1, 0.15) is 31.9 Å². The Bertz CT molecular complexity index is 395. The maximum atomic E-state index is 12.1. The van der Waals surface area contributed by atoms with Crippen molar-refractivity contribution in [3.05, 3.63) is 24.2 Å². The van der Waals surface area contributed by atoms with Gasteiger partial charge in [0.1, 0.15) is 5.76 Å². The van der Waals surface area contributed by atoms with Gasteiger partial charge in [-0.15, -0.1) is 0 Å². The molecular formula is C15H25N3O2. The van der Waals surface area contributed by atoms with Crippen molar-refractivity contribution in [1.29, 1.82) is 0 Å². The predicted molar refractivity (Wildman–Crippen MR) is 78.1 cm³/mol. The smallest absolute Gasteiger partial charge is 0.222 e. The van der Waals surface area contributed by atoms with Crippen molar-refractivity contribution in [3.63, 3.8) is 0 Å². The van der Waals surface area contributed by atoms with Gasteiger partial charge in [-0.25, -0.2) is 0 Å². The lowest BCUT2D eigenvalue weighted by Gasteiger charge is -2.34. The fourth-order valence-electron chi connectivity index (χ4n) is 2.51. The molecule has 0 aromatic carbocycles. The monoisotopic (exact) mass is 279 g/mol. The number of piperazine rings is 1. The van der Waals surface area contributed by atoms with Crippen LogP contribution in [0.15, 0.2) is 22.8 Å². The number of carbonyl (C=O) groups is 1. The van der Waals surface area contributed by atoms with E-state index in [-0.39, 0.29) is 11.9 Å². The van der Waals surface area contributed by atoms with Crippen molar-refractivity contribution in [1.82, 2.24) is 9.80 Å². The van der Waals surface area contributed by atoms with Crippen LogP contribution in [0.5, 0.6) is 0 Å². The minimum absolute atomic E-state index is 0.188. The highest BCUT2D eigenvalue weighted by molar-refractivity contribution is 5.76. The number of rotatable bonds is 6. The minimum Gasteiger partial charge on any atom is -0.468 e. The number of hydrogen-bond donors (Lipinski definition) is 1. The SMILES string of the molecule is CC(N)CCCC(=O)N1CCN(Cc2ccco2)CC1. The quantitative estimate of drug-likeness (QED) is 0.856. The topological polar surface area (TPSA) is 62.7 Å². The largest absolute Gasteiger partial charge is 0.468 e. The van der Waals surface area contributed by atoms with E-state index < -0.39 is 0 Å². The second-order valence-corrected chi connectivity index (χ2v) is 5.61. The number of amides is 1. The molecule has 5 nitrogen and oxygen atoms in total. The van der Waals surface area contributed by atoms with E-state index in [1.165, 1.54) is 0 Å². The van der Waals surface area contributed by atoms with E-state index in [9.17, 15) is 4.79 Å². The lowest BCUT2D eigenvalue weighted by atomic mass is 10.1. The average molecular weight is 279 g/mol. The van der Waals surface area contributed by atoms with Gasteiger partial charge >= 0.3 is 0 Å². The normalized spacial score (nSPS) is 18.2. The van der Waals surface area contributed by atoms with E-state index in [0.29, 0.717) is 6.42 Å². The summed E-state index contributed by atoms with van der Waals surface area (Å²) in [7, 11) is 0. The second-order valence-electron chi connectivity index (χ2n) is 5.61. The van der Waals surface area contributed by atoms with Crippen LogP contribution in [-0.2, 0) is 11.3 Å². The van der Waals surface area contributed by atoms with Crippen LogP contribution < -0.4 is 5.73 Å². The van der Waals surface area contributed by atoms with Gasteiger partial charge in [-0.2, -0.15) is 0 Å². The summed E-state index contributed by atoms with van der Waals surface area (Å²) >= 11 is 0. The molecule has 0 bridgehead atoms. The molecule has 1 atom stereocenters. The fraction of sp³-hybridized carbons (Fsp3) is 0.667. The fourth-order valence-corrected chi connectivity index (χ4v) is 2.51. The molecule has 112 valence electrons. The van der Waals surface area contributed by atoms with Crippen molar-refractivity contribution in [2.45, 2.75) is 38.8 Å². The van der Waals surface area contributed by atoms with E-state index >= 15 is 0 Å². The summed E-state index contributed by atoms with van der Waals surface area (Å²) < 4.78 is 5.35. The Hall–Kier alpha value is -1.33. The van der Waals surface area contributed by atoms with Gasteiger partial charge in [0.15, 0.2) is 0 Å². The molecule has 2 heterocycles. The van der Waals surface area contributed by atoms with E-state index in [4.69, 9.17) is 10.2 Å². The third-order valence-corrected chi connectivity index (χ3v) is 3.73. The Balaban J connectivity index is 1.67. The van der Waals surface area contributed by atoms with Crippen LogP contribution in [0.3, 0.4) is 0 Å². The second kappa shape index (κ2) is 7.45. The highest BCUT2D eigenvalue weighted by Gasteiger charge is 2.21. The summed E-state index contributed by atoms with van der Waals surface area (Å²) in [4.78, 5) is 16.3. The molecule has 1 amide bonds. The van der Waals surface area contributed by atoms with Gasteiger partial charge in [0.2, 0.25) is 5.91 Å². The Morgan fingerprint density at radius 3 is 2.75 bits per heavy atom. The molecule has 0 saturated carbocycles. The van der Waals surface area contributed by atoms with Crippen molar-refractivity contribution < 1.29 is 9.21 Å². The first kappa shape index (κ1) is 15.1. The van der Waals surface area contributed by atoms with Crippen LogP contribution >= 0.6 is 0 Å². The predicted octanol–water partition coefficient (Wildman–Crippen LogP) is 1.44. The van der Waals surface area contributed by atoms with Crippen molar-refractivity contribution in [2.75, 3.05) is 26.2 Å². The van der Waals surface area contributed by atoms with E-state index in [0.717, 1.165) is 51.3 Å². The first-order chi connectivity index (χ1) is 9.65. The van der Waals surface area contributed by atoms with Crippen molar-refractivity contribution in [3.8, 4) is 0 Å². The Labute approximate surface area is 120 Å². The zero-order chi connectivity index (χ0) is 14.4. The van der Waals surface area contributed by atoms with Gasteiger partial charge in [0.05, 0.1) is 12.8 Å². The molecule has 5 heteroatoms. The molecule has 1 unspecified atom stereocenters. The summed E-state index contributed by atoms with van der Waals surface area (Å²) in [5.41, 5.74) is 5.70. The maximum absolute atomic E-state index is 12.1. The number of furan rings is 1. The zero-order valence-corrected chi connectivity index (χ0v) is 12.3. The highest BCUT2D eigenvalue weighted by atomic mass is 16.3. The average Bonchev–Trinajstić information content (AvgIpc) is 2.92. The van der Waals surface area contributed by atoms with Crippen LogP contribution in [0.25, 0.3) is 0 Å². The zero-order valence-electron chi connectivity index (χ0n) is 12.3. The van der Waals surface area contributed by atoms with E-state index in [1.807, 2.05) is 24.0 Å². The van der Waals surface area contributed by atoms with Gasteiger partial charge in [0, 0.05) is 38.6 Å². The van der Waals surface area contributed by atoms with Gasteiger partial charge in [0.25, 0.3) is 0 Å². The van der Waals surface area contributed by atoms with Gasteiger partial charge in [-0.3, -0.25) is 9.69 Å². The Kier molecular flexibility index (Phi) is 5.61. The summed E-state index contributed by atoms with van der Waals surface area (Å²) in [6.07, 6.45) is 4.14. The maximum Gasteiger partial charge on any atom is 0.222 e. The van der Waals surface area contributed by atoms with Crippen LogP contribution in [0, 0.1) is 0 Å². The Morgan fingerprint density at radius 1 is 1.40 bits per heavy atom. The molecule has 1 aromatic rings. The number of nitrogens with zero attached hydrogens (tertiary/aromatic N) is 2. The first-order valence-corrected chi connectivity index (χ1v) is 7.43. The molecule has 1 aromatic heterocycles. The standard InChI is InChI=1S/C15H25N3O2/c1-13(16)4-2-6-15(19)18-9-7-17(8-10-18)12-14-5-3-11-20-14/h3,5,11,13H,2,4,6-10,12,16H2,1H3.